The van der Waals surface area contributed by atoms with Crippen LogP contribution >= 0.6 is 0 Å². The van der Waals surface area contributed by atoms with E-state index in [9.17, 15) is 4.79 Å². The molecule has 26 heavy (non-hydrogen) atoms. The summed E-state index contributed by atoms with van der Waals surface area (Å²) in [5.41, 5.74) is 0.789. The molecule has 4 heterocycles. The third kappa shape index (κ3) is 2.61. The van der Waals surface area contributed by atoms with Crippen LogP contribution in [-0.4, -0.2) is 56.8 Å². The summed E-state index contributed by atoms with van der Waals surface area (Å²) in [6.45, 7) is 4.62. The molecule has 1 aliphatic heterocycles. The van der Waals surface area contributed by atoms with Gasteiger partial charge in [-0.05, 0) is 44.0 Å². The molecule has 2 aliphatic rings. The highest BCUT2D eigenvalue weighted by atomic mass is 16.3. The van der Waals surface area contributed by atoms with Crippen molar-refractivity contribution < 1.29 is 9.21 Å². The van der Waals surface area contributed by atoms with Gasteiger partial charge in [0.25, 0.3) is 5.91 Å². The molecule has 8 nitrogen and oxygen atoms in total. The van der Waals surface area contributed by atoms with Crippen LogP contribution in [0.2, 0.25) is 0 Å². The summed E-state index contributed by atoms with van der Waals surface area (Å²) in [4.78, 5) is 16.5. The van der Waals surface area contributed by atoms with Gasteiger partial charge in [0.2, 0.25) is 0 Å². The first-order valence-corrected chi connectivity index (χ1v) is 9.02. The van der Waals surface area contributed by atoms with E-state index in [2.05, 4.69) is 15.1 Å². The standard InChI is InChI=1S/C18H20N6O2/c1-12-2-5-14(26-12)18(25)23-10-8-22(9-11-23)16-7-6-15-19-20-17(13-3-4-13)24(15)21-16/h2,5-7,13H,3-4,8-11H2,1H3. The van der Waals surface area contributed by atoms with E-state index in [0.717, 1.165) is 36.1 Å². The van der Waals surface area contributed by atoms with Crippen LogP contribution in [0.1, 0.15) is 40.9 Å². The largest absolute Gasteiger partial charge is 0.456 e. The van der Waals surface area contributed by atoms with E-state index in [1.54, 1.807) is 6.07 Å². The van der Waals surface area contributed by atoms with Gasteiger partial charge in [0.1, 0.15) is 11.6 Å². The summed E-state index contributed by atoms with van der Waals surface area (Å²) < 4.78 is 7.33. The summed E-state index contributed by atoms with van der Waals surface area (Å²) >= 11 is 0. The molecule has 0 aromatic carbocycles. The molecular weight excluding hydrogens is 332 g/mol. The number of nitrogens with zero attached hydrogens (tertiary/aromatic N) is 6. The van der Waals surface area contributed by atoms with Gasteiger partial charge in [0.15, 0.2) is 17.2 Å². The molecule has 3 aromatic rings. The number of amides is 1. The quantitative estimate of drug-likeness (QED) is 0.716. The molecule has 0 radical (unpaired) electrons. The van der Waals surface area contributed by atoms with Crippen molar-refractivity contribution in [3.8, 4) is 0 Å². The SMILES string of the molecule is Cc1ccc(C(=O)N2CCN(c3ccc4nnc(C5CC5)n4n3)CC2)o1. The molecule has 0 atom stereocenters. The van der Waals surface area contributed by atoms with Crippen molar-refractivity contribution in [2.75, 3.05) is 31.1 Å². The van der Waals surface area contributed by atoms with Gasteiger partial charge in [-0.1, -0.05) is 0 Å². The van der Waals surface area contributed by atoms with Gasteiger partial charge in [-0.25, -0.2) is 0 Å². The van der Waals surface area contributed by atoms with Crippen LogP contribution in [0.5, 0.6) is 0 Å². The highest BCUT2D eigenvalue weighted by Gasteiger charge is 2.30. The maximum atomic E-state index is 12.5. The molecule has 134 valence electrons. The molecule has 1 amide bonds. The van der Waals surface area contributed by atoms with E-state index in [4.69, 9.17) is 9.52 Å². The molecule has 0 bridgehead atoms. The van der Waals surface area contributed by atoms with Gasteiger partial charge in [-0.2, -0.15) is 4.52 Å². The van der Waals surface area contributed by atoms with Gasteiger partial charge >= 0.3 is 0 Å². The molecule has 1 aliphatic carbocycles. The Balaban J connectivity index is 1.31. The Morgan fingerprint density at radius 3 is 2.58 bits per heavy atom. The molecule has 5 rings (SSSR count). The second-order valence-electron chi connectivity index (χ2n) is 6.98. The molecule has 0 N–H and O–H groups in total. The smallest absolute Gasteiger partial charge is 0.289 e. The number of aromatic nitrogens is 4. The molecule has 3 aromatic heterocycles. The Hall–Kier alpha value is -2.90. The van der Waals surface area contributed by atoms with Crippen molar-refractivity contribution in [2.24, 2.45) is 0 Å². The topological polar surface area (TPSA) is 79.8 Å². The summed E-state index contributed by atoms with van der Waals surface area (Å²) in [5.74, 6) is 3.48. The van der Waals surface area contributed by atoms with Crippen LogP contribution in [0.4, 0.5) is 5.82 Å². The van der Waals surface area contributed by atoms with Crippen molar-refractivity contribution in [3.63, 3.8) is 0 Å². The van der Waals surface area contributed by atoms with Gasteiger partial charge in [0.05, 0.1) is 0 Å². The zero-order valence-electron chi connectivity index (χ0n) is 14.6. The number of piperazine rings is 1. The average Bonchev–Trinajstić information content (AvgIpc) is 3.28. The number of rotatable bonds is 3. The number of carbonyl (C=O) groups is 1. The lowest BCUT2D eigenvalue weighted by Gasteiger charge is -2.34. The lowest BCUT2D eigenvalue weighted by Crippen LogP contribution is -2.49. The number of carbonyl (C=O) groups excluding carboxylic acids is 1. The second kappa shape index (κ2) is 5.82. The van der Waals surface area contributed by atoms with Crippen LogP contribution in [0.15, 0.2) is 28.7 Å². The van der Waals surface area contributed by atoms with Crippen molar-refractivity contribution in [2.45, 2.75) is 25.7 Å². The van der Waals surface area contributed by atoms with Gasteiger partial charge in [-0.15, -0.1) is 15.3 Å². The zero-order valence-corrected chi connectivity index (χ0v) is 14.6. The van der Waals surface area contributed by atoms with Crippen LogP contribution < -0.4 is 4.90 Å². The molecule has 1 saturated heterocycles. The lowest BCUT2D eigenvalue weighted by molar-refractivity contribution is 0.0713. The van der Waals surface area contributed by atoms with E-state index >= 15 is 0 Å². The summed E-state index contributed by atoms with van der Waals surface area (Å²) in [5, 5.41) is 13.2. The van der Waals surface area contributed by atoms with E-state index in [0.29, 0.717) is 24.8 Å². The van der Waals surface area contributed by atoms with Gasteiger partial charge in [0, 0.05) is 32.1 Å². The van der Waals surface area contributed by atoms with E-state index < -0.39 is 0 Å². The number of aryl methyl sites for hydroxylation is 1. The molecule has 2 fully saturated rings. The van der Waals surface area contributed by atoms with Crippen LogP contribution in [-0.2, 0) is 0 Å². The van der Waals surface area contributed by atoms with E-state index in [1.807, 2.05) is 34.5 Å². The lowest BCUT2D eigenvalue weighted by atomic mass is 10.3. The van der Waals surface area contributed by atoms with Crippen molar-refractivity contribution in [1.82, 2.24) is 24.7 Å². The van der Waals surface area contributed by atoms with Crippen molar-refractivity contribution in [1.29, 1.82) is 0 Å². The number of hydrogen-bond acceptors (Lipinski definition) is 6. The minimum absolute atomic E-state index is 0.0454. The minimum atomic E-state index is -0.0454. The van der Waals surface area contributed by atoms with Gasteiger partial charge < -0.3 is 14.2 Å². The maximum Gasteiger partial charge on any atom is 0.289 e. The summed E-state index contributed by atoms with van der Waals surface area (Å²) in [6.07, 6.45) is 2.33. The predicted molar refractivity (Wildman–Crippen MR) is 94.3 cm³/mol. The molecule has 0 unspecified atom stereocenters. The molecule has 1 saturated carbocycles. The highest BCUT2D eigenvalue weighted by molar-refractivity contribution is 5.91. The molecule has 0 spiro atoms. The maximum absolute atomic E-state index is 12.5. The third-order valence-electron chi connectivity index (χ3n) is 5.06. The number of fused-ring (bicyclic) bond motifs is 1. The first-order chi connectivity index (χ1) is 12.7. The van der Waals surface area contributed by atoms with Crippen LogP contribution in [0.3, 0.4) is 0 Å². The van der Waals surface area contributed by atoms with Gasteiger partial charge in [-0.3, -0.25) is 4.79 Å². The number of furan rings is 1. The Morgan fingerprint density at radius 2 is 1.88 bits per heavy atom. The number of hydrogen-bond donors (Lipinski definition) is 0. The Morgan fingerprint density at radius 1 is 1.08 bits per heavy atom. The van der Waals surface area contributed by atoms with E-state index in [-0.39, 0.29) is 5.91 Å². The van der Waals surface area contributed by atoms with Crippen molar-refractivity contribution in [3.05, 3.63) is 41.6 Å². The Labute approximate surface area is 150 Å². The van der Waals surface area contributed by atoms with Crippen LogP contribution in [0, 0.1) is 6.92 Å². The Bertz CT molecular complexity index is 965. The highest BCUT2D eigenvalue weighted by Crippen LogP contribution is 2.38. The normalized spacial score (nSPS) is 17.9. The van der Waals surface area contributed by atoms with Crippen LogP contribution in [0.25, 0.3) is 5.65 Å². The monoisotopic (exact) mass is 352 g/mol. The minimum Gasteiger partial charge on any atom is -0.456 e. The molecule has 8 heteroatoms. The number of anilines is 1. The van der Waals surface area contributed by atoms with Crippen molar-refractivity contribution >= 4 is 17.4 Å². The van der Waals surface area contributed by atoms with E-state index in [1.165, 1.54) is 12.8 Å². The zero-order chi connectivity index (χ0) is 17.7. The fourth-order valence-electron chi connectivity index (χ4n) is 3.40. The second-order valence-corrected chi connectivity index (χ2v) is 6.98. The molecular formula is C18H20N6O2. The fraction of sp³-hybridized carbons (Fsp3) is 0.444. The fourth-order valence-corrected chi connectivity index (χ4v) is 3.40. The average molecular weight is 352 g/mol. The predicted octanol–water partition coefficient (Wildman–Crippen LogP) is 1.87. The first kappa shape index (κ1) is 15.4. The summed E-state index contributed by atoms with van der Waals surface area (Å²) in [6, 6.07) is 7.50. The first-order valence-electron chi connectivity index (χ1n) is 9.02. The summed E-state index contributed by atoms with van der Waals surface area (Å²) in [7, 11) is 0. The Kier molecular flexibility index (Phi) is 3.44. The third-order valence-corrected chi connectivity index (χ3v) is 5.06.